The van der Waals surface area contributed by atoms with Crippen molar-refractivity contribution in [2.45, 2.75) is 65.8 Å². The normalized spacial score (nSPS) is 22.6. The van der Waals surface area contributed by atoms with E-state index in [-0.39, 0.29) is 47.8 Å². The molecule has 2 heterocycles. The molecule has 0 radical (unpaired) electrons. The van der Waals surface area contributed by atoms with Crippen LogP contribution in [0.5, 0.6) is 0 Å². The lowest BCUT2D eigenvalue weighted by Crippen LogP contribution is -2.38. The zero-order valence-electron chi connectivity index (χ0n) is 23.2. The summed E-state index contributed by atoms with van der Waals surface area (Å²) in [6, 6.07) is 8.54. The number of rotatable bonds is 10. The van der Waals surface area contributed by atoms with Crippen molar-refractivity contribution in [3.8, 4) is 0 Å². The number of carbonyl (C=O) groups is 2. The van der Waals surface area contributed by atoms with Crippen LogP contribution in [0.25, 0.3) is 0 Å². The zero-order valence-corrected chi connectivity index (χ0v) is 24.0. The summed E-state index contributed by atoms with van der Waals surface area (Å²) in [5.41, 5.74) is -0.232. The van der Waals surface area contributed by atoms with Crippen molar-refractivity contribution in [2.75, 3.05) is 11.9 Å². The summed E-state index contributed by atoms with van der Waals surface area (Å²) < 4.78 is 27.6. The Morgan fingerprint density at radius 3 is 2.54 bits per heavy atom. The van der Waals surface area contributed by atoms with E-state index in [1.165, 1.54) is 0 Å². The van der Waals surface area contributed by atoms with Crippen LogP contribution in [-0.4, -0.2) is 52.5 Å². The number of hydrogen-bond donors (Lipinski definition) is 1. The summed E-state index contributed by atoms with van der Waals surface area (Å²) in [7, 11) is 0. The number of esters is 1. The molecule has 0 bridgehead atoms. The van der Waals surface area contributed by atoms with Crippen molar-refractivity contribution in [3.63, 3.8) is 0 Å². The molecule has 1 N–H and O–H groups in total. The molecule has 1 aromatic heterocycles. The molecule has 1 aliphatic rings. The number of hydrogen-bond acceptors (Lipinski definition) is 7. The third-order valence-electron chi connectivity index (χ3n) is 7.06. The van der Waals surface area contributed by atoms with Gasteiger partial charge < -0.3 is 9.47 Å². The summed E-state index contributed by atoms with van der Waals surface area (Å²) in [6.45, 7) is 14.4. The number of nitrogens with one attached hydrogen (secondary N) is 1. The smallest absolute Gasteiger partial charge is 0.338 e. The van der Waals surface area contributed by atoms with E-state index in [4.69, 9.17) is 21.1 Å². The van der Waals surface area contributed by atoms with Crippen molar-refractivity contribution in [1.29, 1.82) is 0 Å². The molecule has 5 atom stereocenters. The number of aromatic nitrogens is 2. The first-order valence-corrected chi connectivity index (χ1v) is 13.3. The number of halogens is 2. The van der Waals surface area contributed by atoms with E-state index in [0.29, 0.717) is 22.5 Å². The molecular formula is C29H36ClFN4O4. The van der Waals surface area contributed by atoms with Gasteiger partial charge >= 0.3 is 5.97 Å². The maximum atomic E-state index is 16.0. The molecule has 3 rings (SSSR count). The molecule has 1 aromatic carbocycles. The Kier molecular flexibility index (Phi) is 9.96. The van der Waals surface area contributed by atoms with Crippen molar-refractivity contribution in [2.24, 2.45) is 22.7 Å². The van der Waals surface area contributed by atoms with E-state index in [0.717, 1.165) is 0 Å². The number of amides is 1. The fourth-order valence-corrected chi connectivity index (χ4v) is 4.45. The minimum Gasteiger partial charge on any atom is -0.459 e. The fraction of sp³-hybridized carbons (Fsp3) is 0.483. The van der Waals surface area contributed by atoms with Gasteiger partial charge in [0, 0.05) is 18.6 Å². The molecule has 210 valence electrons. The highest BCUT2D eigenvalue weighted by atomic mass is 35.5. The topological polar surface area (TPSA) is 103 Å². The molecular weight excluding hydrogens is 523 g/mol. The Morgan fingerprint density at radius 1 is 1.28 bits per heavy atom. The van der Waals surface area contributed by atoms with Crippen LogP contribution in [0, 0.1) is 24.7 Å². The first kappa shape index (κ1) is 30.4. The maximum Gasteiger partial charge on any atom is 0.338 e. The van der Waals surface area contributed by atoms with Crippen molar-refractivity contribution >= 4 is 41.3 Å². The van der Waals surface area contributed by atoms with Gasteiger partial charge in [-0.15, -0.1) is 0 Å². The molecule has 39 heavy (non-hydrogen) atoms. The highest BCUT2D eigenvalue weighted by molar-refractivity contribution is 6.32. The van der Waals surface area contributed by atoms with E-state index in [1.807, 2.05) is 13.8 Å². The van der Waals surface area contributed by atoms with Crippen LogP contribution in [0.4, 0.5) is 16.0 Å². The van der Waals surface area contributed by atoms with Gasteiger partial charge in [-0.05, 0) is 43.4 Å². The number of aryl methyl sites for hydroxylation is 1. The Hall–Kier alpha value is -3.17. The Bertz CT molecular complexity index is 1220. The minimum absolute atomic E-state index is 0.0857. The van der Waals surface area contributed by atoms with E-state index >= 15 is 4.39 Å². The van der Waals surface area contributed by atoms with Crippen LogP contribution >= 0.6 is 11.6 Å². The molecule has 0 aliphatic carbocycles. The lowest BCUT2D eigenvalue weighted by atomic mass is 9.83. The van der Waals surface area contributed by atoms with Crippen LogP contribution < -0.4 is 5.32 Å². The van der Waals surface area contributed by atoms with Crippen LogP contribution in [0.1, 0.15) is 57.1 Å². The van der Waals surface area contributed by atoms with Gasteiger partial charge in [0.2, 0.25) is 11.9 Å². The summed E-state index contributed by atoms with van der Waals surface area (Å²) in [5, 5.41) is 2.74. The number of anilines is 1. The Morgan fingerprint density at radius 2 is 1.95 bits per heavy atom. The third-order valence-corrected chi connectivity index (χ3v) is 7.33. The second-order valence-corrected chi connectivity index (χ2v) is 10.7. The molecule has 8 nitrogen and oxygen atoms in total. The fourth-order valence-electron chi connectivity index (χ4n) is 4.19. The van der Waals surface area contributed by atoms with Gasteiger partial charge in [-0.1, -0.05) is 64.1 Å². The summed E-state index contributed by atoms with van der Waals surface area (Å²) in [4.78, 5) is 37.3. The Balaban J connectivity index is 1.68. The minimum atomic E-state index is -1.84. The highest BCUT2D eigenvalue weighted by Crippen LogP contribution is 2.43. The first-order chi connectivity index (χ1) is 18.3. The van der Waals surface area contributed by atoms with Crippen LogP contribution in [0.3, 0.4) is 0 Å². The van der Waals surface area contributed by atoms with E-state index in [2.05, 4.69) is 26.9 Å². The van der Waals surface area contributed by atoms with Gasteiger partial charge in [-0.2, -0.15) is 4.98 Å². The molecule has 1 aliphatic heterocycles. The molecule has 0 spiro atoms. The summed E-state index contributed by atoms with van der Waals surface area (Å²) in [6.07, 6.45) is 0.358. The third kappa shape index (κ3) is 7.28. The van der Waals surface area contributed by atoms with Gasteiger partial charge in [0.05, 0.1) is 17.4 Å². The lowest BCUT2D eigenvalue weighted by Gasteiger charge is -2.25. The number of alkyl halides is 1. The monoisotopic (exact) mass is 558 g/mol. The standard InChI is InChI=1S/C29H36ClFN4O4/c1-16(2)26(36)35-28-33-20(7)24(25(30)34-28)32-14-18(5)19(6)22-13-29(31,17(3)4)23(39-22)15-38-27(37)21-11-9-8-10-12-21/h8-12,14,16,18-19,22-23H,3,13,15H2,1-2,4-7H3,(H,33,34,35,36)/t18?,19?,22-,23-,29?/m1/s1. The van der Waals surface area contributed by atoms with Crippen molar-refractivity contribution in [3.05, 3.63) is 58.9 Å². The van der Waals surface area contributed by atoms with E-state index < -0.39 is 23.8 Å². The molecule has 1 saturated heterocycles. The van der Waals surface area contributed by atoms with Gasteiger partial charge in [0.1, 0.15) is 18.4 Å². The van der Waals surface area contributed by atoms with Crippen LogP contribution in [0.15, 0.2) is 47.5 Å². The second-order valence-electron chi connectivity index (χ2n) is 10.4. The zero-order chi connectivity index (χ0) is 28.9. The molecule has 2 aromatic rings. The van der Waals surface area contributed by atoms with Gasteiger partial charge in [0.25, 0.3) is 0 Å². The quantitative estimate of drug-likeness (QED) is 0.159. The number of benzene rings is 1. The second kappa shape index (κ2) is 12.8. The van der Waals surface area contributed by atoms with E-state index in [1.54, 1.807) is 64.2 Å². The van der Waals surface area contributed by atoms with E-state index in [9.17, 15) is 9.59 Å². The van der Waals surface area contributed by atoms with Gasteiger partial charge in [-0.3, -0.25) is 15.1 Å². The van der Waals surface area contributed by atoms with Gasteiger partial charge in [-0.25, -0.2) is 14.2 Å². The predicted molar refractivity (Wildman–Crippen MR) is 150 cm³/mol. The Labute approximate surface area is 234 Å². The maximum absolute atomic E-state index is 16.0. The molecule has 1 amide bonds. The largest absolute Gasteiger partial charge is 0.459 e. The van der Waals surface area contributed by atoms with Crippen LogP contribution in [0.2, 0.25) is 5.15 Å². The molecule has 10 heteroatoms. The van der Waals surface area contributed by atoms with Crippen LogP contribution in [-0.2, 0) is 14.3 Å². The molecule has 1 fully saturated rings. The average molecular weight is 559 g/mol. The number of carbonyl (C=O) groups excluding carboxylic acids is 2. The molecule has 0 saturated carbocycles. The number of nitrogens with zero attached hydrogens (tertiary/aromatic N) is 3. The van der Waals surface area contributed by atoms with Crippen molar-refractivity contribution < 1.29 is 23.5 Å². The average Bonchev–Trinajstić information content (AvgIpc) is 3.24. The van der Waals surface area contributed by atoms with Gasteiger partial charge in [0.15, 0.2) is 10.8 Å². The number of ether oxygens (including phenoxy) is 2. The molecule has 3 unspecified atom stereocenters. The predicted octanol–water partition coefficient (Wildman–Crippen LogP) is 6.31. The first-order valence-electron chi connectivity index (χ1n) is 12.9. The SMILES string of the molecule is C=C(C)C1(F)C[C@H](C(C)C(C)C=Nc2c(C)nc(NC(=O)C(C)C)nc2Cl)O[C@@H]1COC(=O)c1ccccc1. The summed E-state index contributed by atoms with van der Waals surface area (Å²) >= 11 is 6.34. The highest BCUT2D eigenvalue weighted by Gasteiger charge is 2.52. The van der Waals surface area contributed by atoms with Crippen molar-refractivity contribution in [1.82, 2.24) is 9.97 Å². The lowest BCUT2D eigenvalue weighted by molar-refractivity contribution is -0.118. The summed E-state index contributed by atoms with van der Waals surface area (Å²) in [5.74, 6) is -1.13. The number of aliphatic imine (C=N–C) groups is 1.